The summed E-state index contributed by atoms with van der Waals surface area (Å²) in [5.41, 5.74) is 5.35. The quantitative estimate of drug-likeness (QED) is 0.115. The van der Waals surface area contributed by atoms with Gasteiger partial charge in [0.2, 0.25) is 17.7 Å². The average molecular weight is 495 g/mol. The fourth-order valence-electron chi connectivity index (χ4n) is 2.44. The van der Waals surface area contributed by atoms with Gasteiger partial charge in [-0.3, -0.25) is 14.4 Å². The van der Waals surface area contributed by atoms with Crippen LogP contribution in [0.1, 0.15) is 52.9 Å². The minimum absolute atomic E-state index is 0.00662. The molecule has 3 amide bonds. The Kier molecular flexibility index (Phi) is 27.2. The van der Waals surface area contributed by atoms with Crippen LogP contribution in [0.3, 0.4) is 0 Å². The molecule has 0 aromatic rings. The zero-order valence-electron chi connectivity index (χ0n) is 20.4. The van der Waals surface area contributed by atoms with Crippen molar-refractivity contribution in [1.29, 1.82) is 0 Å². The zero-order chi connectivity index (χ0) is 24.5. The summed E-state index contributed by atoms with van der Waals surface area (Å²) in [5, 5.41) is 14.6. The number of hydrogen-bond acceptors (Lipinski definition) is 8. The van der Waals surface area contributed by atoms with Crippen LogP contribution in [0.4, 0.5) is 0 Å². The number of rotatable bonds is 19. The molecule has 1 atom stereocenters. The standard InChI is InChI=1S/C14H31N5O2.C7H15NOS2/c1-3-18-13(20)7-10-17-9-5-4-6-12(16-2)14(21)19-11-8-15;1-3-7(9)8-5-6-11-10-4-2/h12,16-17H,3-11,15H2,1-2H3,(H,18,20)(H,19,21);3-6H2,1-2H3,(H,8,9). The van der Waals surface area contributed by atoms with Gasteiger partial charge in [-0.1, -0.05) is 41.9 Å². The molecule has 0 saturated carbocycles. The molecular weight excluding hydrogens is 448 g/mol. The van der Waals surface area contributed by atoms with Crippen LogP contribution >= 0.6 is 21.6 Å². The first-order valence-electron chi connectivity index (χ1n) is 11.6. The van der Waals surface area contributed by atoms with Gasteiger partial charge in [-0.05, 0) is 33.4 Å². The molecule has 0 spiro atoms. The zero-order valence-corrected chi connectivity index (χ0v) is 22.0. The summed E-state index contributed by atoms with van der Waals surface area (Å²) >= 11 is 0. The number of amides is 3. The van der Waals surface area contributed by atoms with Crippen LogP contribution in [0.2, 0.25) is 0 Å². The lowest BCUT2D eigenvalue weighted by Crippen LogP contribution is -2.44. The molecule has 0 aliphatic heterocycles. The molecule has 1 unspecified atom stereocenters. The Morgan fingerprint density at radius 3 is 2.22 bits per heavy atom. The van der Waals surface area contributed by atoms with Gasteiger partial charge in [0.05, 0.1) is 6.04 Å². The van der Waals surface area contributed by atoms with E-state index in [0.717, 1.165) is 43.9 Å². The van der Waals surface area contributed by atoms with Gasteiger partial charge in [0.15, 0.2) is 0 Å². The molecule has 190 valence electrons. The molecule has 0 aliphatic rings. The van der Waals surface area contributed by atoms with E-state index in [1.807, 2.05) is 35.4 Å². The predicted octanol–water partition coefficient (Wildman–Crippen LogP) is 0.849. The van der Waals surface area contributed by atoms with Gasteiger partial charge >= 0.3 is 0 Å². The lowest BCUT2D eigenvalue weighted by Gasteiger charge is -2.15. The van der Waals surface area contributed by atoms with E-state index in [2.05, 4.69) is 33.5 Å². The third kappa shape index (κ3) is 23.6. The smallest absolute Gasteiger partial charge is 0.237 e. The van der Waals surface area contributed by atoms with E-state index in [4.69, 9.17) is 5.73 Å². The molecule has 0 radical (unpaired) electrons. The minimum Gasteiger partial charge on any atom is -0.356 e. The number of likely N-dealkylation sites (N-methyl/N-ethyl adjacent to an activating group) is 1. The molecule has 32 heavy (non-hydrogen) atoms. The molecule has 9 nitrogen and oxygen atoms in total. The first-order valence-corrected chi connectivity index (χ1v) is 14.1. The van der Waals surface area contributed by atoms with Crippen molar-refractivity contribution in [2.45, 2.75) is 58.9 Å². The maximum atomic E-state index is 11.7. The highest BCUT2D eigenvalue weighted by atomic mass is 33.1. The summed E-state index contributed by atoms with van der Waals surface area (Å²) in [6.45, 7) is 9.90. The molecule has 0 heterocycles. The van der Waals surface area contributed by atoms with Gasteiger partial charge < -0.3 is 32.3 Å². The molecule has 0 rings (SSSR count). The monoisotopic (exact) mass is 494 g/mol. The van der Waals surface area contributed by atoms with Crippen LogP contribution in [-0.4, -0.2) is 81.6 Å². The van der Waals surface area contributed by atoms with Crippen molar-refractivity contribution in [3.05, 3.63) is 0 Å². The second-order valence-electron chi connectivity index (χ2n) is 6.80. The van der Waals surface area contributed by atoms with Crippen LogP contribution in [0, 0.1) is 0 Å². The SMILES string of the molecule is CCNC(=O)CCNCCCCC(NC)C(=O)NCCN.CCSSCCNC(=O)CC. The summed E-state index contributed by atoms with van der Waals surface area (Å²) in [5.74, 6) is 2.37. The Balaban J connectivity index is 0. The van der Waals surface area contributed by atoms with Gasteiger partial charge in [0, 0.05) is 57.1 Å². The third-order valence-corrected chi connectivity index (χ3v) is 6.62. The lowest BCUT2D eigenvalue weighted by molar-refractivity contribution is -0.123. The fraction of sp³-hybridized carbons (Fsp3) is 0.857. The van der Waals surface area contributed by atoms with Crippen molar-refractivity contribution in [2.24, 2.45) is 5.73 Å². The number of unbranched alkanes of at least 4 members (excludes halogenated alkanes) is 1. The van der Waals surface area contributed by atoms with Gasteiger partial charge in [-0.2, -0.15) is 0 Å². The second-order valence-corrected chi connectivity index (χ2v) is 9.67. The van der Waals surface area contributed by atoms with E-state index >= 15 is 0 Å². The topological polar surface area (TPSA) is 137 Å². The highest BCUT2D eigenvalue weighted by Crippen LogP contribution is 2.18. The van der Waals surface area contributed by atoms with Gasteiger partial charge in [-0.25, -0.2) is 0 Å². The molecule has 0 aromatic carbocycles. The predicted molar refractivity (Wildman–Crippen MR) is 139 cm³/mol. The second kappa shape index (κ2) is 26.2. The normalized spacial score (nSPS) is 11.2. The van der Waals surface area contributed by atoms with E-state index in [9.17, 15) is 14.4 Å². The van der Waals surface area contributed by atoms with Crippen LogP contribution in [0.25, 0.3) is 0 Å². The summed E-state index contributed by atoms with van der Waals surface area (Å²) < 4.78 is 0. The lowest BCUT2D eigenvalue weighted by atomic mass is 10.1. The van der Waals surface area contributed by atoms with E-state index in [-0.39, 0.29) is 23.8 Å². The molecule has 11 heteroatoms. The van der Waals surface area contributed by atoms with Crippen LogP contribution in [0.15, 0.2) is 0 Å². The largest absolute Gasteiger partial charge is 0.356 e. The molecular formula is C21H46N6O3S2. The van der Waals surface area contributed by atoms with E-state index in [1.54, 1.807) is 7.05 Å². The fourth-order valence-corrected chi connectivity index (χ4v) is 4.01. The average Bonchev–Trinajstić information content (AvgIpc) is 2.79. The van der Waals surface area contributed by atoms with Crippen molar-refractivity contribution in [3.8, 4) is 0 Å². The molecule has 0 fully saturated rings. The van der Waals surface area contributed by atoms with Crippen molar-refractivity contribution < 1.29 is 14.4 Å². The van der Waals surface area contributed by atoms with Crippen LogP contribution in [0.5, 0.6) is 0 Å². The Labute approximate surface area is 202 Å². The van der Waals surface area contributed by atoms with E-state index in [1.165, 1.54) is 0 Å². The van der Waals surface area contributed by atoms with E-state index in [0.29, 0.717) is 39.0 Å². The van der Waals surface area contributed by atoms with Crippen molar-refractivity contribution in [2.75, 3.05) is 57.8 Å². The summed E-state index contributed by atoms with van der Waals surface area (Å²) in [6.07, 6.45) is 3.83. The Bertz CT molecular complexity index is 473. The Morgan fingerprint density at radius 1 is 0.875 bits per heavy atom. The highest BCUT2D eigenvalue weighted by Gasteiger charge is 2.14. The highest BCUT2D eigenvalue weighted by molar-refractivity contribution is 8.76. The van der Waals surface area contributed by atoms with Crippen molar-refractivity contribution in [1.82, 2.24) is 26.6 Å². The third-order valence-electron chi connectivity index (χ3n) is 4.14. The van der Waals surface area contributed by atoms with Crippen molar-refractivity contribution in [3.63, 3.8) is 0 Å². The number of nitrogens with one attached hydrogen (secondary N) is 5. The maximum absolute atomic E-state index is 11.7. The van der Waals surface area contributed by atoms with Gasteiger partial charge in [0.1, 0.15) is 0 Å². The van der Waals surface area contributed by atoms with Crippen molar-refractivity contribution >= 4 is 39.3 Å². The first kappa shape index (κ1) is 33.2. The van der Waals surface area contributed by atoms with Crippen LogP contribution < -0.4 is 32.3 Å². The summed E-state index contributed by atoms with van der Waals surface area (Å²) in [4.78, 5) is 33.7. The molecule has 7 N–H and O–H groups in total. The summed E-state index contributed by atoms with van der Waals surface area (Å²) in [6, 6.07) is -0.160. The summed E-state index contributed by atoms with van der Waals surface area (Å²) in [7, 11) is 5.43. The molecule has 0 saturated heterocycles. The van der Waals surface area contributed by atoms with Crippen LogP contribution in [-0.2, 0) is 14.4 Å². The van der Waals surface area contributed by atoms with Gasteiger partial charge in [-0.15, -0.1) is 0 Å². The molecule has 0 aromatic heterocycles. The van der Waals surface area contributed by atoms with E-state index < -0.39 is 0 Å². The minimum atomic E-state index is -0.160. The molecule has 0 aliphatic carbocycles. The number of hydrogen-bond donors (Lipinski definition) is 6. The maximum Gasteiger partial charge on any atom is 0.237 e. The number of carbonyl (C=O) groups is 3. The number of carbonyl (C=O) groups excluding carboxylic acids is 3. The Hall–Kier alpha value is -1.01. The van der Waals surface area contributed by atoms with Gasteiger partial charge in [0.25, 0.3) is 0 Å². The Morgan fingerprint density at radius 2 is 1.62 bits per heavy atom. The molecule has 0 bridgehead atoms. The first-order chi connectivity index (χ1) is 15.5. The number of nitrogens with two attached hydrogens (primary N) is 1.